The van der Waals surface area contributed by atoms with Crippen LogP contribution in [0.3, 0.4) is 0 Å². The molecule has 1 aliphatic rings. The number of rotatable bonds is 6. The lowest BCUT2D eigenvalue weighted by Crippen LogP contribution is -2.34. The van der Waals surface area contributed by atoms with Crippen LogP contribution >= 0.6 is 0 Å². The van der Waals surface area contributed by atoms with E-state index in [1.54, 1.807) is 17.0 Å². The molecule has 140 valence electrons. The van der Waals surface area contributed by atoms with Gasteiger partial charge in [-0.3, -0.25) is 19.3 Å². The van der Waals surface area contributed by atoms with Crippen LogP contribution in [0.5, 0.6) is 0 Å². The highest BCUT2D eigenvalue weighted by atomic mass is 16.2. The van der Waals surface area contributed by atoms with Crippen molar-refractivity contribution in [1.29, 1.82) is 0 Å². The lowest BCUT2D eigenvalue weighted by atomic mass is 10.1. The Balaban J connectivity index is 1.63. The molecule has 27 heavy (non-hydrogen) atoms. The molecule has 0 atom stereocenters. The number of amides is 3. The van der Waals surface area contributed by atoms with Gasteiger partial charge in [-0.2, -0.15) is 0 Å². The maximum atomic E-state index is 12.7. The van der Waals surface area contributed by atoms with Gasteiger partial charge in [0.05, 0.1) is 11.1 Å². The Hall–Kier alpha value is -2.95. The number of carbonyl (C=O) groups excluding carboxylic acids is 3. The van der Waals surface area contributed by atoms with E-state index in [0.29, 0.717) is 24.1 Å². The third-order valence-corrected chi connectivity index (χ3v) is 4.92. The number of benzene rings is 2. The fourth-order valence-electron chi connectivity index (χ4n) is 3.48. The molecule has 3 amide bonds. The quantitative estimate of drug-likeness (QED) is 0.734. The highest BCUT2D eigenvalue weighted by Gasteiger charge is 2.35. The Kier molecular flexibility index (Phi) is 5.40. The number of aryl methyl sites for hydroxylation is 2. The molecule has 3 rings (SSSR count). The normalized spacial score (nSPS) is 13.1. The van der Waals surface area contributed by atoms with Crippen LogP contribution in [-0.2, 0) is 4.79 Å². The summed E-state index contributed by atoms with van der Waals surface area (Å²) in [6.45, 7) is 6.64. The molecule has 0 N–H and O–H groups in total. The van der Waals surface area contributed by atoms with E-state index in [2.05, 4.69) is 0 Å². The SMILES string of the molecule is CCN(C(=O)CCCN1C(=O)c2ccc(C)cc2C1=O)c1ccccc1C. The third kappa shape index (κ3) is 3.63. The summed E-state index contributed by atoms with van der Waals surface area (Å²) >= 11 is 0. The van der Waals surface area contributed by atoms with E-state index in [0.717, 1.165) is 16.8 Å². The number of hydrogen-bond donors (Lipinski definition) is 0. The predicted molar refractivity (Wildman–Crippen MR) is 105 cm³/mol. The summed E-state index contributed by atoms with van der Waals surface area (Å²) in [5.41, 5.74) is 3.81. The first kappa shape index (κ1) is 18.8. The van der Waals surface area contributed by atoms with Gasteiger partial charge in [0.15, 0.2) is 0 Å². The zero-order valence-corrected chi connectivity index (χ0v) is 16.0. The minimum Gasteiger partial charge on any atom is -0.312 e. The van der Waals surface area contributed by atoms with Gasteiger partial charge < -0.3 is 4.90 Å². The van der Waals surface area contributed by atoms with Crippen LogP contribution < -0.4 is 4.90 Å². The molecule has 0 bridgehead atoms. The van der Waals surface area contributed by atoms with E-state index < -0.39 is 0 Å². The van der Waals surface area contributed by atoms with Crippen molar-refractivity contribution in [2.75, 3.05) is 18.0 Å². The van der Waals surface area contributed by atoms with Crippen molar-refractivity contribution in [2.45, 2.75) is 33.6 Å². The van der Waals surface area contributed by atoms with Crippen molar-refractivity contribution in [2.24, 2.45) is 0 Å². The number of imide groups is 1. The zero-order valence-electron chi connectivity index (χ0n) is 16.0. The van der Waals surface area contributed by atoms with Gasteiger partial charge >= 0.3 is 0 Å². The smallest absolute Gasteiger partial charge is 0.261 e. The highest BCUT2D eigenvalue weighted by molar-refractivity contribution is 6.21. The van der Waals surface area contributed by atoms with E-state index in [9.17, 15) is 14.4 Å². The summed E-state index contributed by atoms with van der Waals surface area (Å²) in [6.07, 6.45) is 0.736. The standard InChI is InChI=1S/C22H24N2O3/c1-4-23(19-9-6-5-8-16(19)3)20(25)10-7-13-24-21(26)17-12-11-15(2)14-18(17)22(24)27/h5-6,8-9,11-12,14H,4,7,10,13H2,1-3H3. The highest BCUT2D eigenvalue weighted by Crippen LogP contribution is 2.25. The molecule has 5 nitrogen and oxygen atoms in total. The molecule has 1 heterocycles. The summed E-state index contributed by atoms with van der Waals surface area (Å²) in [7, 11) is 0. The first-order valence-electron chi connectivity index (χ1n) is 9.27. The molecule has 0 fully saturated rings. The third-order valence-electron chi connectivity index (χ3n) is 4.92. The summed E-state index contributed by atoms with van der Waals surface area (Å²) in [6, 6.07) is 13.1. The molecule has 2 aromatic carbocycles. The van der Waals surface area contributed by atoms with Gasteiger partial charge in [0.25, 0.3) is 11.8 Å². The van der Waals surface area contributed by atoms with Gasteiger partial charge in [0.2, 0.25) is 5.91 Å². The fraction of sp³-hybridized carbons (Fsp3) is 0.318. The average Bonchev–Trinajstić information content (AvgIpc) is 2.88. The first-order valence-corrected chi connectivity index (χ1v) is 9.27. The number of anilines is 1. The summed E-state index contributed by atoms with van der Waals surface area (Å²) in [5, 5.41) is 0. The van der Waals surface area contributed by atoms with Crippen molar-refractivity contribution in [1.82, 2.24) is 4.90 Å². The van der Waals surface area contributed by atoms with Gasteiger partial charge in [0.1, 0.15) is 0 Å². The van der Waals surface area contributed by atoms with E-state index in [1.165, 1.54) is 4.90 Å². The zero-order chi connectivity index (χ0) is 19.6. The number of carbonyl (C=O) groups is 3. The van der Waals surface area contributed by atoms with Crippen LogP contribution in [0.25, 0.3) is 0 Å². The van der Waals surface area contributed by atoms with Crippen LogP contribution in [-0.4, -0.2) is 35.7 Å². The lowest BCUT2D eigenvalue weighted by Gasteiger charge is -2.23. The van der Waals surface area contributed by atoms with Gasteiger partial charge in [-0.1, -0.05) is 29.8 Å². The van der Waals surface area contributed by atoms with Crippen LogP contribution in [0.1, 0.15) is 51.6 Å². The van der Waals surface area contributed by atoms with Crippen molar-refractivity contribution in [3.63, 3.8) is 0 Å². The molecular formula is C22H24N2O3. The molecule has 0 saturated carbocycles. The van der Waals surface area contributed by atoms with Crippen LogP contribution in [0.4, 0.5) is 5.69 Å². The monoisotopic (exact) mass is 364 g/mol. The fourth-order valence-corrected chi connectivity index (χ4v) is 3.48. The molecule has 2 aromatic rings. The molecule has 0 aromatic heterocycles. The number of para-hydroxylation sites is 1. The first-order chi connectivity index (χ1) is 12.9. The molecule has 0 unspecified atom stereocenters. The topological polar surface area (TPSA) is 57.7 Å². The number of nitrogens with zero attached hydrogens (tertiary/aromatic N) is 2. The minimum absolute atomic E-state index is 0.000691. The van der Waals surface area contributed by atoms with E-state index in [4.69, 9.17) is 0 Å². The van der Waals surface area contributed by atoms with Gasteiger partial charge in [-0.05, 0) is 51.0 Å². The van der Waals surface area contributed by atoms with Gasteiger partial charge in [-0.15, -0.1) is 0 Å². The average molecular weight is 364 g/mol. The maximum absolute atomic E-state index is 12.7. The van der Waals surface area contributed by atoms with Crippen molar-refractivity contribution >= 4 is 23.4 Å². The number of hydrogen-bond acceptors (Lipinski definition) is 3. The van der Waals surface area contributed by atoms with Gasteiger partial charge in [0, 0.05) is 25.2 Å². The Labute approximate surface area is 159 Å². The molecule has 5 heteroatoms. The van der Waals surface area contributed by atoms with E-state index in [-0.39, 0.29) is 30.7 Å². The lowest BCUT2D eigenvalue weighted by molar-refractivity contribution is -0.118. The Morgan fingerprint density at radius 3 is 2.41 bits per heavy atom. The molecule has 0 spiro atoms. The minimum atomic E-state index is -0.270. The molecule has 0 radical (unpaired) electrons. The van der Waals surface area contributed by atoms with Gasteiger partial charge in [-0.25, -0.2) is 0 Å². The predicted octanol–water partition coefficient (Wildman–Crippen LogP) is 3.73. The van der Waals surface area contributed by atoms with Crippen LogP contribution in [0, 0.1) is 13.8 Å². The largest absolute Gasteiger partial charge is 0.312 e. The second kappa shape index (κ2) is 7.74. The van der Waals surface area contributed by atoms with Crippen molar-refractivity contribution in [3.8, 4) is 0 Å². The second-order valence-corrected chi connectivity index (χ2v) is 6.84. The second-order valence-electron chi connectivity index (χ2n) is 6.84. The number of fused-ring (bicyclic) bond motifs is 1. The van der Waals surface area contributed by atoms with E-state index >= 15 is 0 Å². The summed E-state index contributed by atoms with van der Waals surface area (Å²) in [5.74, 6) is -0.537. The molecule has 0 saturated heterocycles. The Morgan fingerprint density at radius 2 is 1.70 bits per heavy atom. The van der Waals surface area contributed by atoms with Crippen molar-refractivity contribution in [3.05, 3.63) is 64.7 Å². The van der Waals surface area contributed by atoms with Crippen molar-refractivity contribution < 1.29 is 14.4 Å². The van der Waals surface area contributed by atoms with Crippen LogP contribution in [0.15, 0.2) is 42.5 Å². The molecular weight excluding hydrogens is 340 g/mol. The molecule has 0 aliphatic carbocycles. The Bertz CT molecular complexity index is 904. The molecule has 1 aliphatic heterocycles. The maximum Gasteiger partial charge on any atom is 0.261 e. The van der Waals surface area contributed by atoms with E-state index in [1.807, 2.05) is 51.1 Å². The Morgan fingerprint density at radius 1 is 1.00 bits per heavy atom. The van der Waals surface area contributed by atoms with Crippen LogP contribution in [0.2, 0.25) is 0 Å². The summed E-state index contributed by atoms with van der Waals surface area (Å²) < 4.78 is 0. The summed E-state index contributed by atoms with van der Waals surface area (Å²) in [4.78, 5) is 40.6.